The first kappa shape index (κ1) is 19.4. The Morgan fingerprint density at radius 2 is 2.07 bits per heavy atom. The highest BCUT2D eigenvalue weighted by Crippen LogP contribution is 2.25. The summed E-state index contributed by atoms with van der Waals surface area (Å²) in [6.45, 7) is 3.53. The van der Waals surface area contributed by atoms with Gasteiger partial charge in [-0.25, -0.2) is 9.97 Å². The number of pyridine rings is 1. The number of morpholine rings is 1. The van der Waals surface area contributed by atoms with Gasteiger partial charge < -0.3 is 19.7 Å². The van der Waals surface area contributed by atoms with Crippen molar-refractivity contribution in [1.82, 2.24) is 15.3 Å². The van der Waals surface area contributed by atoms with Crippen molar-refractivity contribution in [3.05, 3.63) is 59.2 Å². The van der Waals surface area contributed by atoms with Crippen LogP contribution in [-0.4, -0.2) is 49.3 Å². The Hall–Kier alpha value is -2.97. The molecule has 0 radical (unpaired) electrons. The van der Waals surface area contributed by atoms with Crippen LogP contribution in [0.2, 0.25) is 0 Å². The van der Waals surface area contributed by atoms with Crippen molar-refractivity contribution in [2.24, 2.45) is 0 Å². The van der Waals surface area contributed by atoms with Crippen LogP contribution in [0.5, 0.6) is 5.75 Å². The van der Waals surface area contributed by atoms with Crippen LogP contribution in [0.3, 0.4) is 0 Å². The molecule has 7 nitrogen and oxygen atoms in total. The smallest absolute Gasteiger partial charge is 0.271 e. The first-order valence-electron chi connectivity index (χ1n) is 9.39. The average Bonchev–Trinajstić information content (AvgIpc) is 3.29. The lowest BCUT2D eigenvalue weighted by atomic mass is 10.2. The van der Waals surface area contributed by atoms with Gasteiger partial charge in [0.1, 0.15) is 22.3 Å². The second kappa shape index (κ2) is 9.02. The zero-order valence-electron chi connectivity index (χ0n) is 16.1. The molecule has 0 spiro atoms. The molecule has 0 atom stereocenters. The molecule has 0 aliphatic carbocycles. The Kier molecular flexibility index (Phi) is 6.02. The van der Waals surface area contributed by atoms with E-state index >= 15 is 0 Å². The zero-order chi connectivity index (χ0) is 20.1. The van der Waals surface area contributed by atoms with Gasteiger partial charge in [-0.2, -0.15) is 0 Å². The summed E-state index contributed by atoms with van der Waals surface area (Å²) < 4.78 is 10.7. The lowest BCUT2D eigenvalue weighted by molar-refractivity contribution is 0.0946. The number of carbonyl (C=O) groups excluding carboxylic acids is 1. The van der Waals surface area contributed by atoms with E-state index in [0.29, 0.717) is 12.2 Å². The van der Waals surface area contributed by atoms with E-state index < -0.39 is 0 Å². The van der Waals surface area contributed by atoms with Crippen LogP contribution in [0.4, 0.5) is 5.82 Å². The number of amides is 1. The van der Waals surface area contributed by atoms with Crippen LogP contribution >= 0.6 is 11.3 Å². The van der Waals surface area contributed by atoms with Gasteiger partial charge in [0.05, 0.1) is 20.3 Å². The summed E-state index contributed by atoms with van der Waals surface area (Å²) in [7, 11) is 1.62. The van der Waals surface area contributed by atoms with Crippen molar-refractivity contribution in [2.75, 3.05) is 38.3 Å². The number of hydrogen-bond donors (Lipinski definition) is 1. The number of aromatic nitrogens is 2. The first-order chi connectivity index (χ1) is 14.2. The van der Waals surface area contributed by atoms with E-state index in [4.69, 9.17) is 9.47 Å². The molecule has 0 unspecified atom stereocenters. The van der Waals surface area contributed by atoms with E-state index in [9.17, 15) is 4.79 Å². The van der Waals surface area contributed by atoms with Gasteiger partial charge >= 0.3 is 0 Å². The van der Waals surface area contributed by atoms with Crippen molar-refractivity contribution < 1.29 is 14.3 Å². The normalized spacial score (nSPS) is 13.9. The maximum absolute atomic E-state index is 12.5. The summed E-state index contributed by atoms with van der Waals surface area (Å²) in [6.07, 6.45) is 1.81. The van der Waals surface area contributed by atoms with E-state index in [0.717, 1.165) is 54.0 Å². The molecule has 1 aromatic carbocycles. The number of nitrogens with one attached hydrogen (secondary N) is 1. The largest absolute Gasteiger partial charge is 0.496 e. The Labute approximate surface area is 173 Å². The Morgan fingerprint density at radius 1 is 1.24 bits per heavy atom. The van der Waals surface area contributed by atoms with Crippen LogP contribution in [0.25, 0.3) is 10.6 Å². The molecule has 8 heteroatoms. The molecule has 1 N–H and O–H groups in total. The maximum atomic E-state index is 12.5. The van der Waals surface area contributed by atoms with E-state index in [1.165, 1.54) is 11.3 Å². The molecular weight excluding hydrogens is 388 g/mol. The minimum Gasteiger partial charge on any atom is -0.496 e. The van der Waals surface area contributed by atoms with Crippen LogP contribution in [0, 0.1) is 0 Å². The van der Waals surface area contributed by atoms with Gasteiger partial charge in [0, 0.05) is 42.3 Å². The second-order valence-electron chi connectivity index (χ2n) is 6.54. The van der Waals surface area contributed by atoms with Gasteiger partial charge in [-0.05, 0) is 18.2 Å². The van der Waals surface area contributed by atoms with Crippen molar-refractivity contribution in [3.63, 3.8) is 0 Å². The highest BCUT2D eigenvalue weighted by Gasteiger charge is 2.15. The average molecular weight is 410 g/mol. The van der Waals surface area contributed by atoms with E-state index in [2.05, 4.69) is 20.2 Å². The summed E-state index contributed by atoms with van der Waals surface area (Å²) in [4.78, 5) is 23.7. The Balaban J connectivity index is 1.40. The molecule has 3 heterocycles. The second-order valence-corrected chi connectivity index (χ2v) is 7.40. The number of para-hydroxylation sites is 1. The summed E-state index contributed by atoms with van der Waals surface area (Å²) in [6, 6.07) is 11.6. The van der Waals surface area contributed by atoms with Crippen molar-refractivity contribution in [2.45, 2.75) is 6.54 Å². The molecule has 2 aromatic heterocycles. The third-order valence-corrected chi connectivity index (χ3v) is 5.59. The minimum absolute atomic E-state index is 0.212. The van der Waals surface area contributed by atoms with Crippen LogP contribution in [0.1, 0.15) is 16.1 Å². The number of benzene rings is 1. The minimum atomic E-state index is -0.212. The number of anilines is 1. The summed E-state index contributed by atoms with van der Waals surface area (Å²) >= 11 is 1.43. The van der Waals surface area contributed by atoms with Gasteiger partial charge in [-0.15, -0.1) is 11.3 Å². The van der Waals surface area contributed by atoms with Gasteiger partial charge in [-0.1, -0.05) is 18.2 Å². The molecule has 1 saturated heterocycles. The number of nitrogens with zero attached hydrogens (tertiary/aromatic N) is 3. The molecule has 150 valence electrons. The molecule has 1 fully saturated rings. The van der Waals surface area contributed by atoms with Crippen LogP contribution in [0.15, 0.2) is 48.0 Å². The molecule has 4 rings (SSSR count). The first-order valence-corrected chi connectivity index (χ1v) is 10.3. The van der Waals surface area contributed by atoms with Gasteiger partial charge in [0.2, 0.25) is 0 Å². The fourth-order valence-corrected chi connectivity index (χ4v) is 3.91. The molecule has 1 amide bonds. The number of hydrogen-bond acceptors (Lipinski definition) is 7. The number of rotatable bonds is 6. The Morgan fingerprint density at radius 3 is 2.83 bits per heavy atom. The van der Waals surface area contributed by atoms with Crippen molar-refractivity contribution in [3.8, 4) is 16.3 Å². The lowest BCUT2D eigenvalue weighted by Gasteiger charge is -2.27. The summed E-state index contributed by atoms with van der Waals surface area (Å²) in [5, 5.41) is 5.44. The predicted octanol–water partition coefficient (Wildman–Crippen LogP) is 2.98. The molecule has 29 heavy (non-hydrogen) atoms. The van der Waals surface area contributed by atoms with Gasteiger partial charge in [0.25, 0.3) is 5.91 Å². The SMILES string of the molecule is COc1ccccc1CNC(=O)c1csc(-c2ccc(N3CCOCC3)nc2)n1. The number of thiazole rings is 1. The third kappa shape index (κ3) is 4.55. The summed E-state index contributed by atoms with van der Waals surface area (Å²) in [5.41, 5.74) is 2.22. The fourth-order valence-electron chi connectivity index (χ4n) is 3.12. The molecular formula is C21H22N4O3S. The van der Waals surface area contributed by atoms with E-state index in [1.54, 1.807) is 18.7 Å². The van der Waals surface area contributed by atoms with Crippen molar-refractivity contribution in [1.29, 1.82) is 0 Å². The highest BCUT2D eigenvalue weighted by molar-refractivity contribution is 7.13. The number of methoxy groups -OCH3 is 1. The quantitative estimate of drug-likeness (QED) is 0.673. The monoisotopic (exact) mass is 410 g/mol. The van der Waals surface area contributed by atoms with E-state index in [1.807, 2.05) is 36.4 Å². The summed E-state index contributed by atoms with van der Waals surface area (Å²) in [5.74, 6) is 1.47. The zero-order valence-corrected chi connectivity index (χ0v) is 16.9. The van der Waals surface area contributed by atoms with Gasteiger partial charge in [0.15, 0.2) is 0 Å². The topological polar surface area (TPSA) is 76.6 Å². The number of ether oxygens (including phenoxy) is 2. The molecule has 1 aliphatic heterocycles. The standard InChI is InChI=1S/C21H22N4O3S/c1-27-18-5-3-2-4-15(18)12-23-20(26)17-14-29-21(24-17)16-6-7-19(22-13-16)25-8-10-28-11-9-25/h2-7,13-14H,8-12H2,1H3,(H,23,26). The van der Waals surface area contributed by atoms with Crippen molar-refractivity contribution >= 4 is 23.1 Å². The molecule has 1 aliphatic rings. The van der Waals surface area contributed by atoms with Gasteiger partial charge in [-0.3, -0.25) is 4.79 Å². The Bertz CT molecular complexity index is 968. The van der Waals surface area contributed by atoms with Crippen LogP contribution in [-0.2, 0) is 11.3 Å². The fraction of sp³-hybridized carbons (Fsp3) is 0.286. The van der Waals surface area contributed by atoms with Crippen LogP contribution < -0.4 is 15.0 Å². The molecule has 0 saturated carbocycles. The third-order valence-electron chi connectivity index (χ3n) is 4.70. The van der Waals surface area contributed by atoms with E-state index in [-0.39, 0.29) is 5.91 Å². The molecule has 3 aromatic rings. The maximum Gasteiger partial charge on any atom is 0.271 e. The molecule has 0 bridgehead atoms. The predicted molar refractivity (Wildman–Crippen MR) is 113 cm³/mol. The highest BCUT2D eigenvalue weighted by atomic mass is 32.1. The number of carbonyl (C=O) groups is 1. The lowest BCUT2D eigenvalue weighted by Crippen LogP contribution is -2.36.